The van der Waals surface area contributed by atoms with Gasteiger partial charge in [0.25, 0.3) is 0 Å². The van der Waals surface area contributed by atoms with Gasteiger partial charge in [-0.3, -0.25) is 0 Å². The summed E-state index contributed by atoms with van der Waals surface area (Å²) in [4.78, 5) is 0. The largest absolute Gasteiger partial charge is 0.375 e. The van der Waals surface area contributed by atoms with Gasteiger partial charge in [-0.15, -0.1) is 0 Å². The van der Waals surface area contributed by atoms with Crippen LogP contribution in [0.5, 0.6) is 0 Å². The van der Waals surface area contributed by atoms with Crippen molar-refractivity contribution >= 4 is 33.4 Å². The van der Waals surface area contributed by atoms with Crippen molar-refractivity contribution in [2.24, 2.45) is 0 Å². The van der Waals surface area contributed by atoms with E-state index in [9.17, 15) is 0 Å². The highest BCUT2D eigenvalue weighted by Crippen LogP contribution is 2.48. The molecule has 8 rings (SSSR count). The molecule has 0 aromatic heterocycles. The summed E-state index contributed by atoms with van der Waals surface area (Å²) in [5.74, 6) is 0.0296. The first-order valence-electron chi connectivity index (χ1n) is 17.0. The molecule has 0 saturated heterocycles. The minimum atomic E-state index is -0.393. The first-order chi connectivity index (χ1) is 24.1. The average Bonchev–Trinajstić information content (AvgIpc) is 3.16. The zero-order valence-corrected chi connectivity index (χ0v) is 27.6. The predicted octanol–water partition coefficient (Wildman–Crippen LogP) is 12.5. The van der Waals surface area contributed by atoms with Gasteiger partial charge in [-0.25, -0.2) is 0 Å². The van der Waals surface area contributed by atoms with Gasteiger partial charge in [0.05, 0.1) is 5.54 Å². The van der Waals surface area contributed by atoms with Gasteiger partial charge in [0.1, 0.15) is 0 Å². The lowest BCUT2D eigenvalue weighted by atomic mass is 9.70. The summed E-state index contributed by atoms with van der Waals surface area (Å²) in [6.45, 7) is 2.31. The molecule has 0 radical (unpaired) electrons. The maximum absolute atomic E-state index is 3.92. The van der Waals surface area contributed by atoms with Crippen LogP contribution in [-0.2, 0) is 0 Å². The molecule has 2 nitrogen and oxygen atoms in total. The molecule has 0 aliphatic heterocycles. The number of fused-ring (bicyclic) bond motifs is 1. The Morgan fingerprint density at radius 3 is 1.90 bits per heavy atom. The molecule has 49 heavy (non-hydrogen) atoms. The number of benzene rings is 7. The second-order valence-electron chi connectivity index (χ2n) is 13.0. The van der Waals surface area contributed by atoms with Crippen LogP contribution in [0.25, 0.3) is 38.6 Å². The summed E-state index contributed by atoms with van der Waals surface area (Å²) in [6.07, 6.45) is 6.83. The summed E-state index contributed by atoms with van der Waals surface area (Å²) in [6, 6.07) is 62.9. The van der Waals surface area contributed by atoms with Gasteiger partial charge < -0.3 is 10.6 Å². The van der Waals surface area contributed by atoms with Crippen molar-refractivity contribution in [3.05, 3.63) is 205 Å². The van der Waals surface area contributed by atoms with E-state index in [1.807, 2.05) is 0 Å². The fourth-order valence-corrected chi connectivity index (χ4v) is 7.23. The van der Waals surface area contributed by atoms with Crippen molar-refractivity contribution in [1.29, 1.82) is 0 Å². The van der Waals surface area contributed by atoms with E-state index in [1.165, 1.54) is 49.7 Å². The van der Waals surface area contributed by atoms with Crippen molar-refractivity contribution in [3.8, 4) is 22.3 Å². The molecule has 0 spiro atoms. The van der Waals surface area contributed by atoms with Crippen molar-refractivity contribution < 1.29 is 0 Å². The number of allylic oxidation sites excluding steroid dienone is 2. The van der Waals surface area contributed by atoms with Gasteiger partial charge in [-0.05, 0) is 93.6 Å². The molecule has 7 aromatic rings. The Labute approximate surface area is 289 Å². The highest BCUT2D eigenvalue weighted by molar-refractivity contribution is 5.91. The number of anilines is 3. The van der Waals surface area contributed by atoms with Crippen molar-refractivity contribution in [1.82, 2.24) is 0 Å². The first kappa shape index (κ1) is 30.2. The Hall–Kier alpha value is -6.12. The third kappa shape index (κ3) is 6.29. The Balaban J connectivity index is 1.28. The number of rotatable bonds is 8. The van der Waals surface area contributed by atoms with E-state index in [4.69, 9.17) is 0 Å². The highest BCUT2D eigenvalue weighted by atomic mass is 15.0. The van der Waals surface area contributed by atoms with Crippen LogP contribution < -0.4 is 10.6 Å². The van der Waals surface area contributed by atoms with E-state index in [1.54, 1.807) is 0 Å². The summed E-state index contributed by atoms with van der Waals surface area (Å²) in [5, 5.41) is 10.2. The predicted molar refractivity (Wildman–Crippen MR) is 209 cm³/mol. The molecular formula is C47H38N2. The molecule has 0 fully saturated rings. The third-order valence-electron chi connectivity index (χ3n) is 9.61. The van der Waals surface area contributed by atoms with Gasteiger partial charge >= 0.3 is 0 Å². The zero-order valence-electron chi connectivity index (χ0n) is 27.6. The minimum Gasteiger partial charge on any atom is -0.375 e. The Bertz CT molecular complexity index is 2290. The third-order valence-corrected chi connectivity index (χ3v) is 9.61. The molecule has 0 amide bonds. The average molecular weight is 631 g/mol. The molecule has 2 N–H and O–H groups in total. The molecule has 2 unspecified atom stereocenters. The lowest BCUT2D eigenvalue weighted by Gasteiger charge is -2.41. The SMILES string of the molecule is CC1(Nc2ccccc2)C=CC=C(c2cc(-c3cccc(-c4ccccc4)c3)ccc2Nc2ccc3ccccc3c2)C1c1ccccc1. The van der Waals surface area contributed by atoms with E-state index in [-0.39, 0.29) is 5.92 Å². The van der Waals surface area contributed by atoms with Gasteiger partial charge in [0.2, 0.25) is 0 Å². The normalized spacial score (nSPS) is 17.0. The summed E-state index contributed by atoms with van der Waals surface area (Å²) in [7, 11) is 0. The molecule has 7 aromatic carbocycles. The van der Waals surface area contributed by atoms with Crippen LogP contribution in [0.4, 0.5) is 17.1 Å². The fourth-order valence-electron chi connectivity index (χ4n) is 7.23. The Morgan fingerprint density at radius 2 is 1.12 bits per heavy atom. The highest BCUT2D eigenvalue weighted by Gasteiger charge is 2.38. The summed E-state index contributed by atoms with van der Waals surface area (Å²) < 4.78 is 0. The van der Waals surface area contributed by atoms with Crippen molar-refractivity contribution in [3.63, 3.8) is 0 Å². The zero-order chi connectivity index (χ0) is 33.0. The van der Waals surface area contributed by atoms with E-state index < -0.39 is 5.54 Å². The standard InChI is InChI=1S/C47H38N2/c1-47(49-41-23-9-4-10-24-41)30-14-25-43(46(47)36-18-7-3-8-19-36)44-33-40(38-22-13-21-37(31-38)34-15-5-2-6-16-34)27-29-45(44)48-42-28-26-35-17-11-12-20-39(35)32-42/h2-33,46,48-49H,1H3. The molecule has 0 bridgehead atoms. The molecule has 2 heteroatoms. The van der Waals surface area contributed by atoms with Crippen LogP contribution >= 0.6 is 0 Å². The lowest BCUT2D eigenvalue weighted by molar-refractivity contribution is 0.574. The second kappa shape index (κ2) is 13.2. The summed E-state index contributed by atoms with van der Waals surface area (Å²) in [5.41, 5.74) is 11.3. The monoisotopic (exact) mass is 630 g/mol. The van der Waals surface area contributed by atoms with Crippen molar-refractivity contribution in [2.75, 3.05) is 10.6 Å². The van der Waals surface area contributed by atoms with Gasteiger partial charge in [-0.1, -0.05) is 152 Å². The van der Waals surface area contributed by atoms with Crippen LogP contribution in [0.15, 0.2) is 194 Å². The molecular weight excluding hydrogens is 593 g/mol. The second-order valence-corrected chi connectivity index (χ2v) is 13.0. The van der Waals surface area contributed by atoms with Crippen LogP contribution in [0.3, 0.4) is 0 Å². The van der Waals surface area contributed by atoms with E-state index in [2.05, 4.69) is 212 Å². The quantitative estimate of drug-likeness (QED) is 0.175. The van der Waals surface area contributed by atoms with Crippen LogP contribution in [0.1, 0.15) is 24.0 Å². The van der Waals surface area contributed by atoms with Crippen LogP contribution in [0, 0.1) is 0 Å². The molecule has 0 saturated carbocycles. The lowest BCUT2D eigenvalue weighted by Crippen LogP contribution is -2.41. The van der Waals surface area contributed by atoms with E-state index in [0.29, 0.717) is 0 Å². The maximum atomic E-state index is 3.92. The van der Waals surface area contributed by atoms with Crippen LogP contribution in [0.2, 0.25) is 0 Å². The van der Waals surface area contributed by atoms with Gasteiger partial charge in [0.15, 0.2) is 0 Å². The maximum Gasteiger partial charge on any atom is 0.0640 e. The van der Waals surface area contributed by atoms with Gasteiger partial charge in [0, 0.05) is 28.5 Å². The summed E-state index contributed by atoms with van der Waals surface area (Å²) >= 11 is 0. The molecule has 1 aliphatic carbocycles. The van der Waals surface area contributed by atoms with E-state index in [0.717, 1.165) is 17.1 Å². The van der Waals surface area contributed by atoms with Crippen LogP contribution in [-0.4, -0.2) is 5.54 Å². The number of hydrogen-bond donors (Lipinski definition) is 2. The fraction of sp³-hybridized carbons (Fsp3) is 0.0638. The Kier molecular flexibility index (Phi) is 8.13. The molecule has 2 atom stereocenters. The first-order valence-corrected chi connectivity index (χ1v) is 17.0. The van der Waals surface area contributed by atoms with Crippen molar-refractivity contribution in [2.45, 2.75) is 18.4 Å². The molecule has 1 aliphatic rings. The number of hydrogen-bond acceptors (Lipinski definition) is 2. The topological polar surface area (TPSA) is 24.1 Å². The smallest absolute Gasteiger partial charge is 0.0640 e. The minimum absolute atomic E-state index is 0.0296. The molecule has 236 valence electrons. The Morgan fingerprint density at radius 1 is 0.490 bits per heavy atom. The molecule has 0 heterocycles. The number of para-hydroxylation sites is 1. The van der Waals surface area contributed by atoms with E-state index >= 15 is 0 Å². The van der Waals surface area contributed by atoms with Gasteiger partial charge in [-0.2, -0.15) is 0 Å². The number of nitrogens with one attached hydrogen (secondary N) is 2.